The molecular weight excluding hydrogens is 265 g/mol. The van der Waals surface area contributed by atoms with Crippen molar-refractivity contribution in [2.24, 2.45) is 5.92 Å². The zero-order chi connectivity index (χ0) is 15.1. The van der Waals surface area contributed by atoms with E-state index >= 15 is 0 Å². The predicted octanol–water partition coefficient (Wildman–Crippen LogP) is 3.38. The Morgan fingerprint density at radius 3 is 2.71 bits per heavy atom. The van der Waals surface area contributed by atoms with Crippen LogP contribution in [0.4, 0.5) is 4.39 Å². The molecule has 1 saturated carbocycles. The Morgan fingerprint density at radius 2 is 2.19 bits per heavy atom. The summed E-state index contributed by atoms with van der Waals surface area (Å²) in [6.07, 6.45) is 6.53. The second-order valence-electron chi connectivity index (χ2n) is 5.99. The van der Waals surface area contributed by atoms with Gasteiger partial charge >= 0.3 is 0 Å². The van der Waals surface area contributed by atoms with Crippen LogP contribution < -0.4 is 5.32 Å². The standard InChI is InChI=1S/C17H28FN3/c1-3-19-17(16-9-8-15(18)12-20-16)10-11-21(4-2)13-14-6-5-7-14/h8-9,12,14,17,19H,3-7,10-11,13H2,1-2H3. The summed E-state index contributed by atoms with van der Waals surface area (Å²) in [4.78, 5) is 6.77. The van der Waals surface area contributed by atoms with Gasteiger partial charge in [0.2, 0.25) is 0 Å². The molecule has 1 aliphatic carbocycles. The molecule has 0 saturated heterocycles. The van der Waals surface area contributed by atoms with Gasteiger partial charge in [-0.15, -0.1) is 0 Å². The fourth-order valence-corrected chi connectivity index (χ4v) is 2.92. The minimum Gasteiger partial charge on any atom is -0.309 e. The van der Waals surface area contributed by atoms with E-state index in [1.54, 1.807) is 6.07 Å². The average Bonchev–Trinajstić information content (AvgIpc) is 2.45. The summed E-state index contributed by atoms with van der Waals surface area (Å²) in [6.45, 7) is 8.64. The van der Waals surface area contributed by atoms with E-state index in [1.165, 1.54) is 38.1 Å². The molecule has 1 aromatic rings. The van der Waals surface area contributed by atoms with Crippen molar-refractivity contribution in [1.29, 1.82) is 0 Å². The first-order valence-electron chi connectivity index (χ1n) is 8.30. The molecule has 1 N–H and O–H groups in total. The highest BCUT2D eigenvalue weighted by Crippen LogP contribution is 2.27. The monoisotopic (exact) mass is 293 g/mol. The minimum absolute atomic E-state index is 0.214. The lowest BCUT2D eigenvalue weighted by atomic mass is 9.85. The molecule has 0 spiro atoms. The molecule has 1 unspecified atom stereocenters. The van der Waals surface area contributed by atoms with Crippen molar-refractivity contribution in [3.63, 3.8) is 0 Å². The lowest BCUT2D eigenvalue weighted by Crippen LogP contribution is -2.35. The summed E-state index contributed by atoms with van der Waals surface area (Å²) in [5.41, 5.74) is 0.943. The normalized spacial score (nSPS) is 17.0. The molecule has 2 rings (SSSR count). The molecule has 118 valence electrons. The summed E-state index contributed by atoms with van der Waals surface area (Å²) < 4.78 is 13.0. The van der Waals surface area contributed by atoms with Gasteiger partial charge in [0.25, 0.3) is 0 Å². The van der Waals surface area contributed by atoms with Gasteiger partial charge in [0.05, 0.1) is 17.9 Å². The van der Waals surface area contributed by atoms with Gasteiger partial charge in [-0.1, -0.05) is 20.3 Å². The molecule has 21 heavy (non-hydrogen) atoms. The second-order valence-corrected chi connectivity index (χ2v) is 5.99. The van der Waals surface area contributed by atoms with Crippen molar-refractivity contribution in [2.75, 3.05) is 26.2 Å². The molecular formula is C17H28FN3. The maximum absolute atomic E-state index is 13.0. The molecule has 1 heterocycles. The highest BCUT2D eigenvalue weighted by Gasteiger charge is 2.21. The zero-order valence-electron chi connectivity index (χ0n) is 13.3. The summed E-state index contributed by atoms with van der Waals surface area (Å²) in [5.74, 6) is 0.639. The smallest absolute Gasteiger partial charge is 0.141 e. The quantitative estimate of drug-likeness (QED) is 0.756. The SMILES string of the molecule is CCNC(CCN(CC)CC1CCC1)c1ccc(F)cn1. The predicted molar refractivity (Wildman–Crippen MR) is 84.7 cm³/mol. The van der Waals surface area contributed by atoms with Crippen LogP contribution in [-0.2, 0) is 0 Å². The van der Waals surface area contributed by atoms with E-state index in [0.29, 0.717) is 0 Å². The Kier molecular flexibility index (Phi) is 6.58. The highest BCUT2D eigenvalue weighted by atomic mass is 19.1. The first kappa shape index (κ1) is 16.4. The average molecular weight is 293 g/mol. The van der Waals surface area contributed by atoms with Crippen LogP contribution >= 0.6 is 0 Å². The van der Waals surface area contributed by atoms with Crippen molar-refractivity contribution < 1.29 is 4.39 Å². The maximum atomic E-state index is 13.0. The van der Waals surface area contributed by atoms with E-state index in [4.69, 9.17) is 0 Å². The largest absolute Gasteiger partial charge is 0.309 e. The molecule has 0 aromatic carbocycles. The molecule has 1 fully saturated rings. The van der Waals surface area contributed by atoms with E-state index < -0.39 is 0 Å². The van der Waals surface area contributed by atoms with Crippen molar-refractivity contribution in [1.82, 2.24) is 15.2 Å². The molecule has 1 aromatic heterocycles. The topological polar surface area (TPSA) is 28.2 Å². The van der Waals surface area contributed by atoms with Gasteiger partial charge in [-0.05, 0) is 56.9 Å². The lowest BCUT2D eigenvalue weighted by molar-refractivity contribution is 0.177. The maximum Gasteiger partial charge on any atom is 0.141 e. The second kappa shape index (κ2) is 8.44. The number of aromatic nitrogens is 1. The van der Waals surface area contributed by atoms with Gasteiger partial charge in [-0.2, -0.15) is 0 Å². The summed E-state index contributed by atoms with van der Waals surface area (Å²) in [7, 11) is 0. The zero-order valence-corrected chi connectivity index (χ0v) is 13.3. The fourth-order valence-electron chi connectivity index (χ4n) is 2.92. The minimum atomic E-state index is -0.269. The third-order valence-electron chi connectivity index (χ3n) is 4.48. The first-order chi connectivity index (χ1) is 10.2. The number of hydrogen-bond donors (Lipinski definition) is 1. The van der Waals surface area contributed by atoms with E-state index in [1.807, 2.05) is 0 Å². The number of nitrogens with one attached hydrogen (secondary N) is 1. The van der Waals surface area contributed by atoms with E-state index in [9.17, 15) is 4.39 Å². The Bertz CT molecular complexity index is 403. The van der Waals surface area contributed by atoms with Crippen molar-refractivity contribution in [3.8, 4) is 0 Å². The van der Waals surface area contributed by atoms with Gasteiger partial charge in [0.1, 0.15) is 5.82 Å². The third-order valence-corrected chi connectivity index (χ3v) is 4.48. The third kappa shape index (κ3) is 5.04. The van der Waals surface area contributed by atoms with Gasteiger partial charge in [-0.25, -0.2) is 4.39 Å². The number of nitrogens with zero attached hydrogens (tertiary/aromatic N) is 2. The molecule has 3 nitrogen and oxygen atoms in total. The summed E-state index contributed by atoms with van der Waals surface area (Å²) >= 11 is 0. The van der Waals surface area contributed by atoms with Crippen LogP contribution in [0.5, 0.6) is 0 Å². The Hall–Kier alpha value is -1.00. The van der Waals surface area contributed by atoms with Crippen LogP contribution in [0.25, 0.3) is 0 Å². The highest BCUT2D eigenvalue weighted by molar-refractivity contribution is 5.10. The first-order valence-corrected chi connectivity index (χ1v) is 8.30. The Morgan fingerprint density at radius 1 is 1.38 bits per heavy atom. The van der Waals surface area contributed by atoms with Crippen molar-refractivity contribution >= 4 is 0 Å². The number of rotatable bonds is 9. The van der Waals surface area contributed by atoms with Gasteiger partial charge in [0.15, 0.2) is 0 Å². The van der Waals surface area contributed by atoms with Crippen LogP contribution in [-0.4, -0.2) is 36.1 Å². The van der Waals surface area contributed by atoms with Gasteiger partial charge in [-0.3, -0.25) is 4.98 Å². The van der Waals surface area contributed by atoms with Crippen LogP contribution in [0.3, 0.4) is 0 Å². The molecule has 1 atom stereocenters. The Labute approximate surface area is 127 Å². The van der Waals surface area contributed by atoms with Crippen LogP contribution in [0.2, 0.25) is 0 Å². The Balaban J connectivity index is 1.87. The molecule has 0 amide bonds. The molecule has 0 aliphatic heterocycles. The number of pyridine rings is 1. The van der Waals surface area contributed by atoms with Crippen LogP contribution in [0, 0.1) is 11.7 Å². The molecule has 4 heteroatoms. The van der Waals surface area contributed by atoms with E-state index in [0.717, 1.165) is 37.7 Å². The van der Waals surface area contributed by atoms with Crippen molar-refractivity contribution in [3.05, 3.63) is 29.8 Å². The van der Waals surface area contributed by atoms with E-state index in [2.05, 4.69) is 29.0 Å². The molecule has 0 radical (unpaired) electrons. The summed E-state index contributed by atoms with van der Waals surface area (Å²) in [6, 6.07) is 3.51. The lowest BCUT2D eigenvalue weighted by Gasteiger charge is -2.32. The van der Waals surface area contributed by atoms with Crippen molar-refractivity contribution in [2.45, 2.75) is 45.6 Å². The van der Waals surface area contributed by atoms with Gasteiger partial charge in [0, 0.05) is 6.54 Å². The number of halogens is 1. The molecule has 1 aliphatic rings. The van der Waals surface area contributed by atoms with E-state index in [-0.39, 0.29) is 11.9 Å². The van der Waals surface area contributed by atoms with Crippen LogP contribution in [0.15, 0.2) is 18.3 Å². The van der Waals surface area contributed by atoms with Crippen LogP contribution in [0.1, 0.15) is 51.3 Å². The van der Waals surface area contributed by atoms with Gasteiger partial charge < -0.3 is 10.2 Å². The number of hydrogen-bond acceptors (Lipinski definition) is 3. The fraction of sp³-hybridized carbons (Fsp3) is 0.706. The molecule has 0 bridgehead atoms. The summed E-state index contributed by atoms with van der Waals surface area (Å²) in [5, 5.41) is 3.47.